The van der Waals surface area contributed by atoms with Gasteiger partial charge in [0.25, 0.3) is 0 Å². The third kappa shape index (κ3) is 3.78. The Labute approximate surface area is 125 Å². The van der Waals surface area contributed by atoms with Crippen molar-refractivity contribution in [2.24, 2.45) is 0 Å². The van der Waals surface area contributed by atoms with Crippen molar-refractivity contribution in [3.05, 3.63) is 20.6 Å². The number of carbonyl (C=O) groups is 2. The summed E-state index contributed by atoms with van der Waals surface area (Å²) in [7, 11) is 0. The van der Waals surface area contributed by atoms with E-state index in [9.17, 15) is 9.59 Å². The first-order valence-corrected chi connectivity index (χ1v) is 4.58. The molecule has 0 aromatic rings. The molecule has 0 atom stereocenters. The first kappa shape index (κ1) is 13.8. The van der Waals surface area contributed by atoms with E-state index >= 15 is 0 Å². The molecule has 0 bridgehead atoms. The summed E-state index contributed by atoms with van der Waals surface area (Å²) in [6.07, 6.45) is 0. The number of hydrogen-bond acceptors (Lipinski definition) is 4. The molecule has 1 aliphatic heterocycles. The normalized spacial score (nSPS) is 13.7. The molecule has 1 rings (SSSR count). The summed E-state index contributed by atoms with van der Waals surface area (Å²) in [5.74, 6) is -2.80. The van der Waals surface area contributed by atoms with Gasteiger partial charge in [0.2, 0.25) is 0 Å². The fourth-order valence-electron chi connectivity index (χ4n) is 0.591. The Bertz CT molecular complexity index is 271. The van der Waals surface area contributed by atoms with Crippen LogP contribution in [0, 0.1) is 0 Å². The zero-order chi connectivity index (χ0) is 9.14. The topological polar surface area (TPSA) is 74.6 Å². The van der Waals surface area contributed by atoms with Gasteiger partial charge in [-0.3, -0.25) is 0 Å². The first-order chi connectivity index (χ1) is 5.63. The van der Waals surface area contributed by atoms with Crippen molar-refractivity contribution in [1.82, 2.24) is 0 Å². The van der Waals surface area contributed by atoms with Gasteiger partial charge in [-0.05, 0) is 10.8 Å². The number of aliphatic carboxylic acids is 2. The minimum atomic E-state index is -1.40. The van der Waals surface area contributed by atoms with E-state index in [0.717, 1.165) is 23.5 Å². The fourth-order valence-corrected chi connectivity index (χ4v) is 2.42. The Morgan fingerprint density at radius 3 is 1.77 bits per heavy atom. The maximum atomic E-state index is 10.4. The molecular weight excluding hydrogens is 239 g/mol. The van der Waals surface area contributed by atoms with Crippen LogP contribution in [0.5, 0.6) is 0 Å². The van der Waals surface area contributed by atoms with Crippen molar-refractivity contribution in [1.29, 1.82) is 0 Å². The predicted molar refractivity (Wildman–Crippen MR) is 53.8 cm³/mol. The van der Waals surface area contributed by atoms with Crippen LogP contribution in [0.15, 0.2) is 20.6 Å². The van der Waals surface area contributed by atoms with Crippen LogP contribution >= 0.6 is 23.5 Å². The molecule has 1 aliphatic rings. The van der Waals surface area contributed by atoms with Crippen molar-refractivity contribution in [3.63, 3.8) is 0 Å². The average molecular weight is 244 g/mol. The Morgan fingerprint density at radius 1 is 1.08 bits per heavy atom. The third-order valence-corrected chi connectivity index (χ3v) is 3.17. The minimum absolute atomic E-state index is 0. The summed E-state index contributed by atoms with van der Waals surface area (Å²) in [5, 5.41) is 20.3. The maximum absolute atomic E-state index is 10.4. The van der Waals surface area contributed by atoms with E-state index in [4.69, 9.17) is 10.2 Å². The molecule has 0 spiro atoms. The van der Waals surface area contributed by atoms with Gasteiger partial charge in [-0.25, -0.2) is 9.59 Å². The zero-order valence-corrected chi connectivity index (χ0v) is 7.32. The molecule has 0 fully saturated rings. The van der Waals surface area contributed by atoms with E-state index in [-0.39, 0.29) is 51.4 Å². The Hall–Kier alpha value is 0.756. The second-order valence-electron chi connectivity index (χ2n) is 1.78. The van der Waals surface area contributed by atoms with E-state index in [1.54, 1.807) is 10.8 Å². The Balaban J connectivity index is 0.00000144. The Kier molecular flexibility index (Phi) is 6.64. The summed E-state index contributed by atoms with van der Waals surface area (Å²) in [4.78, 5) is 20.9. The van der Waals surface area contributed by atoms with Crippen molar-refractivity contribution < 1.29 is 19.8 Å². The number of carboxylic acids is 2. The second kappa shape index (κ2) is 6.28. The van der Waals surface area contributed by atoms with Gasteiger partial charge < -0.3 is 10.2 Å². The first-order valence-electron chi connectivity index (χ1n) is 2.82. The molecule has 7 heteroatoms. The van der Waals surface area contributed by atoms with Gasteiger partial charge >= 0.3 is 63.3 Å². The van der Waals surface area contributed by atoms with Gasteiger partial charge in [0, 0.05) is 0 Å². The number of hydrogen-bond donors (Lipinski definition) is 2. The molecule has 0 saturated carbocycles. The van der Waals surface area contributed by atoms with Crippen LogP contribution in [0.4, 0.5) is 0 Å². The van der Waals surface area contributed by atoms with E-state index in [2.05, 4.69) is 0 Å². The molecule has 0 saturated heterocycles. The van der Waals surface area contributed by atoms with Gasteiger partial charge in [0.15, 0.2) is 5.57 Å². The fraction of sp³-hybridized carbons (Fsp3) is 0. The molecule has 0 unspecified atom stereocenters. The molecule has 0 aromatic carbocycles. The monoisotopic (exact) mass is 244 g/mol. The molecule has 1 heterocycles. The molecule has 0 amide bonds. The van der Waals surface area contributed by atoms with Crippen molar-refractivity contribution in [2.45, 2.75) is 0 Å². The van der Waals surface area contributed by atoms with Crippen LogP contribution in [0.3, 0.4) is 0 Å². The van der Waals surface area contributed by atoms with Crippen molar-refractivity contribution >= 4 is 86.8 Å². The molecular formula is C6H5KO4S2. The number of rotatable bonds is 2. The van der Waals surface area contributed by atoms with Crippen LogP contribution in [0.1, 0.15) is 0 Å². The van der Waals surface area contributed by atoms with Gasteiger partial charge in [0.05, 0.1) is 4.24 Å². The van der Waals surface area contributed by atoms with Crippen LogP contribution in [0.25, 0.3) is 0 Å². The summed E-state index contributed by atoms with van der Waals surface area (Å²) >= 11 is 2.22. The molecule has 2 N–H and O–H groups in total. The van der Waals surface area contributed by atoms with Crippen LogP contribution in [-0.4, -0.2) is 73.5 Å². The van der Waals surface area contributed by atoms with E-state index in [0.29, 0.717) is 4.24 Å². The standard InChI is InChI=1S/C6H4O4S2.K.H/c7-4(8)3(5(9)10)6-11-1-2-12-6;;/h1-2H,(H,7,8)(H,9,10);;. The quantitative estimate of drug-likeness (QED) is 0.322. The molecule has 13 heavy (non-hydrogen) atoms. The Morgan fingerprint density at radius 2 is 1.46 bits per heavy atom. The van der Waals surface area contributed by atoms with Gasteiger partial charge in [0.1, 0.15) is 0 Å². The van der Waals surface area contributed by atoms with E-state index in [1.165, 1.54) is 0 Å². The van der Waals surface area contributed by atoms with Crippen LogP contribution in [-0.2, 0) is 9.59 Å². The second-order valence-corrected chi connectivity index (χ2v) is 3.87. The molecule has 0 radical (unpaired) electrons. The summed E-state index contributed by atoms with van der Waals surface area (Å²) < 4.78 is 0.301. The molecule has 0 aliphatic carbocycles. The van der Waals surface area contributed by atoms with Crippen LogP contribution in [0.2, 0.25) is 0 Å². The SMILES string of the molecule is O=C(O)C(C(=O)O)=C1SC=CS1.[KH]. The van der Waals surface area contributed by atoms with Gasteiger partial charge in [-0.2, -0.15) is 0 Å². The number of carboxylic acid groups (broad SMARTS) is 2. The number of thioether (sulfide) groups is 2. The third-order valence-electron chi connectivity index (χ3n) is 1.04. The summed E-state index contributed by atoms with van der Waals surface area (Å²) in [6.45, 7) is 0. The van der Waals surface area contributed by atoms with Crippen molar-refractivity contribution in [3.8, 4) is 0 Å². The zero-order valence-electron chi connectivity index (χ0n) is 5.68. The van der Waals surface area contributed by atoms with E-state index < -0.39 is 17.5 Å². The predicted octanol–water partition coefficient (Wildman–Crippen LogP) is 0.670. The van der Waals surface area contributed by atoms with Gasteiger partial charge in [-0.1, -0.05) is 23.5 Å². The summed E-state index contributed by atoms with van der Waals surface area (Å²) in [5.41, 5.74) is -0.560. The van der Waals surface area contributed by atoms with Crippen molar-refractivity contribution in [2.75, 3.05) is 0 Å². The molecule has 4 nitrogen and oxygen atoms in total. The average Bonchev–Trinajstić information content (AvgIpc) is 2.37. The van der Waals surface area contributed by atoms with Gasteiger partial charge in [-0.15, -0.1) is 0 Å². The molecule has 0 aromatic heterocycles. The molecule has 66 valence electrons. The van der Waals surface area contributed by atoms with Crippen LogP contribution < -0.4 is 0 Å². The summed E-state index contributed by atoms with van der Waals surface area (Å²) in [6, 6.07) is 0. The van der Waals surface area contributed by atoms with E-state index in [1.807, 2.05) is 0 Å².